The molecule has 6 heteroatoms. The highest BCUT2D eigenvalue weighted by atomic mass is 32.2. The molecule has 1 aromatic heterocycles. The average Bonchev–Trinajstić information content (AvgIpc) is 2.23. The van der Waals surface area contributed by atoms with E-state index < -0.39 is 9.73 Å². The van der Waals surface area contributed by atoms with Crippen molar-refractivity contribution in [3.63, 3.8) is 0 Å². The van der Waals surface area contributed by atoms with Gasteiger partial charge in [0.15, 0.2) is 0 Å². The van der Waals surface area contributed by atoms with Gasteiger partial charge in [0, 0.05) is 12.5 Å². The molecule has 0 radical (unpaired) electrons. The third-order valence-electron chi connectivity index (χ3n) is 2.19. The fourth-order valence-electron chi connectivity index (χ4n) is 1.53. The number of hydrogen-bond acceptors (Lipinski definition) is 4. The van der Waals surface area contributed by atoms with Crippen molar-refractivity contribution in [3.05, 3.63) is 40.4 Å². The molecule has 1 aromatic carbocycles. The fourth-order valence-corrected chi connectivity index (χ4v) is 2.11. The van der Waals surface area contributed by atoms with Gasteiger partial charge in [-0.3, -0.25) is 4.79 Å². The Labute approximate surface area is 99.3 Å². The lowest BCUT2D eigenvalue weighted by atomic mass is 10.2. The molecule has 0 bridgehead atoms. The maximum atomic E-state index is 12.1. The van der Waals surface area contributed by atoms with Crippen molar-refractivity contribution in [2.45, 2.75) is 6.92 Å². The Morgan fingerprint density at radius 3 is 2.59 bits per heavy atom. The molecule has 0 unspecified atom stereocenters. The molecule has 0 saturated heterocycles. The zero-order chi connectivity index (χ0) is 12.6. The van der Waals surface area contributed by atoms with Crippen LogP contribution in [0.3, 0.4) is 0 Å². The lowest BCUT2D eigenvalue weighted by molar-refractivity contribution is 0.673. The predicted molar refractivity (Wildman–Crippen MR) is 68.6 cm³/mol. The van der Waals surface area contributed by atoms with Crippen LogP contribution in [-0.2, 0) is 9.73 Å². The highest BCUT2D eigenvalue weighted by molar-refractivity contribution is 7.92. The summed E-state index contributed by atoms with van der Waals surface area (Å²) in [6.07, 6.45) is 2.96. The first-order valence-corrected chi connectivity index (χ1v) is 7.37. The number of fused-ring (bicyclic) bond motifs is 1. The number of rotatable bonds is 1. The molecule has 0 N–H and O–H groups in total. The summed E-state index contributed by atoms with van der Waals surface area (Å²) >= 11 is 0. The van der Waals surface area contributed by atoms with Crippen molar-refractivity contribution >= 4 is 20.6 Å². The Morgan fingerprint density at radius 2 is 1.94 bits per heavy atom. The number of aryl methyl sites for hydroxylation is 1. The van der Waals surface area contributed by atoms with Gasteiger partial charge in [-0.1, -0.05) is 12.1 Å². The number of hydrogen-bond donors (Lipinski definition) is 0. The van der Waals surface area contributed by atoms with Gasteiger partial charge in [-0.25, -0.2) is 9.19 Å². The van der Waals surface area contributed by atoms with E-state index in [-0.39, 0.29) is 5.56 Å². The molecule has 5 nitrogen and oxygen atoms in total. The van der Waals surface area contributed by atoms with E-state index in [1.807, 2.05) is 6.07 Å². The molecule has 0 aliphatic rings. The largest absolute Gasteiger partial charge is 0.282 e. The molecule has 17 heavy (non-hydrogen) atoms. The van der Waals surface area contributed by atoms with Crippen LogP contribution in [0.1, 0.15) is 5.82 Å². The van der Waals surface area contributed by atoms with Crippen LogP contribution in [0.25, 0.3) is 10.9 Å². The first kappa shape index (κ1) is 11.8. The molecule has 2 rings (SSSR count). The minimum atomic E-state index is -2.39. The van der Waals surface area contributed by atoms with E-state index in [4.69, 9.17) is 0 Å². The van der Waals surface area contributed by atoms with Gasteiger partial charge < -0.3 is 0 Å². The Balaban J connectivity index is 2.92. The second-order valence-electron chi connectivity index (χ2n) is 4.06. The van der Waals surface area contributed by atoms with Crippen molar-refractivity contribution in [3.8, 4) is 0 Å². The maximum Gasteiger partial charge on any atom is 0.282 e. The van der Waals surface area contributed by atoms with Crippen molar-refractivity contribution in [1.29, 1.82) is 0 Å². The summed E-state index contributed by atoms with van der Waals surface area (Å²) in [5, 5.41) is 0.477. The lowest BCUT2D eigenvalue weighted by Crippen LogP contribution is -2.21. The monoisotopic (exact) mass is 251 g/mol. The summed E-state index contributed by atoms with van der Waals surface area (Å²) in [4.78, 5) is 16.4. The number of para-hydroxylation sites is 1. The lowest BCUT2D eigenvalue weighted by Gasteiger charge is -2.05. The van der Waals surface area contributed by atoms with E-state index in [0.717, 1.165) is 4.68 Å². The zero-order valence-electron chi connectivity index (χ0n) is 9.88. The van der Waals surface area contributed by atoms with Gasteiger partial charge in [0.25, 0.3) is 5.56 Å². The number of nitrogens with zero attached hydrogens (tertiary/aromatic N) is 3. The number of aromatic nitrogens is 2. The quantitative estimate of drug-likeness (QED) is 0.765. The Hall–Kier alpha value is -1.69. The first-order chi connectivity index (χ1) is 7.88. The predicted octanol–water partition coefficient (Wildman–Crippen LogP) is 1.20. The van der Waals surface area contributed by atoms with E-state index in [9.17, 15) is 9.00 Å². The molecule has 2 aromatic rings. The first-order valence-electron chi connectivity index (χ1n) is 5.04. The summed E-state index contributed by atoms with van der Waals surface area (Å²) in [6.45, 7) is 1.67. The van der Waals surface area contributed by atoms with E-state index in [1.165, 1.54) is 12.5 Å². The smallest absolute Gasteiger partial charge is 0.267 e. The van der Waals surface area contributed by atoms with Gasteiger partial charge in [-0.2, -0.15) is 4.68 Å². The SMILES string of the molecule is Cc1nc2ccccc2c(=O)n1N=S(C)(C)=O. The normalized spacial score (nSPS) is 11.7. The topological polar surface area (TPSA) is 64.3 Å². The van der Waals surface area contributed by atoms with Crippen LogP contribution < -0.4 is 5.56 Å². The Kier molecular flexibility index (Phi) is 2.74. The van der Waals surface area contributed by atoms with Crippen molar-refractivity contribution in [2.75, 3.05) is 12.5 Å². The minimum Gasteiger partial charge on any atom is -0.267 e. The van der Waals surface area contributed by atoms with E-state index in [2.05, 4.69) is 9.46 Å². The molecular weight excluding hydrogens is 238 g/mol. The Morgan fingerprint density at radius 1 is 1.29 bits per heavy atom. The summed E-state index contributed by atoms with van der Waals surface area (Å²) in [5.41, 5.74) is 0.338. The highest BCUT2D eigenvalue weighted by Crippen LogP contribution is 2.07. The third-order valence-corrected chi connectivity index (χ3v) is 2.75. The summed E-state index contributed by atoms with van der Waals surface area (Å²) < 4.78 is 16.7. The molecule has 0 aliphatic heterocycles. The van der Waals surface area contributed by atoms with Gasteiger partial charge in [0.2, 0.25) is 0 Å². The van der Waals surface area contributed by atoms with Crippen molar-refractivity contribution in [1.82, 2.24) is 9.66 Å². The van der Waals surface area contributed by atoms with E-state index in [1.54, 1.807) is 25.1 Å². The molecule has 0 atom stereocenters. The average molecular weight is 251 g/mol. The Bertz CT molecular complexity index is 747. The van der Waals surface area contributed by atoms with Crippen molar-refractivity contribution in [2.24, 2.45) is 4.47 Å². The van der Waals surface area contributed by atoms with Gasteiger partial charge in [0.05, 0.1) is 20.6 Å². The van der Waals surface area contributed by atoms with Gasteiger partial charge in [-0.15, -0.1) is 4.47 Å². The second kappa shape index (κ2) is 3.96. The van der Waals surface area contributed by atoms with E-state index >= 15 is 0 Å². The van der Waals surface area contributed by atoms with Crippen LogP contribution >= 0.6 is 0 Å². The summed E-state index contributed by atoms with van der Waals surface area (Å²) in [6, 6.07) is 7.03. The van der Waals surface area contributed by atoms with Gasteiger partial charge in [0.1, 0.15) is 5.82 Å². The van der Waals surface area contributed by atoms with Crippen LogP contribution in [-0.4, -0.2) is 26.4 Å². The molecule has 0 saturated carbocycles. The molecule has 0 spiro atoms. The van der Waals surface area contributed by atoms with Gasteiger partial charge in [-0.05, 0) is 19.1 Å². The summed E-state index contributed by atoms with van der Waals surface area (Å²) in [7, 11) is -2.39. The second-order valence-corrected chi connectivity index (χ2v) is 6.58. The van der Waals surface area contributed by atoms with Crippen LogP contribution in [0, 0.1) is 6.92 Å². The molecule has 0 amide bonds. The molecule has 0 fully saturated rings. The van der Waals surface area contributed by atoms with Crippen LogP contribution in [0.2, 0.25) is 0 Å². The van der Waals surface area contributed by atoms with Crippen LogP contribution in [0.5, 0.6) is 0 Å². The third kappa shape index (κ3) is 2.36. The van der Waals surface area contributed by atoms with Gasteiger partial charge >= 0.3 is 0 Å². The minimum absolute atomic E-state index is 0.287. The van der Waals surface area contributed by atoms with E-state index in [0.29, 0.717) is 16.7 Å². The number of benzene rings is 1. The van der Waals surface area contributed by atoms with Crippen molar-refractivity contribution < 1.29 is 4.21 Å². The summed E-state index contributed by atoms with van der Waals surface area (Å²) in [5.74, 6) is 0.435. The molecule has 90 valence electrons. The molecule has 1 heterocycles. The fraction of sp³-hybridized carbons (Fsp3) is 0.273. The zero-order valence-corrected chi connectivity index (χ0v) is 10.7. The molecular formula is C11H13N3O2S. The van der Waals surface area contributed by atoms with Crippen LogP contribution in [0.15, 0.2) is 33.5 Å². The highest BCUT2D eigenvalue weighted by Gasteiger charge is 2.07. The maximum absolute atomic E-state index is 12.1. The molecule has 0 aliphatic carbocycles. The standard InChI is InChI=1S/C11H13N3O2S/c1-8-12-10-7-5-4-6-9(10)11(15)14(8)13-17(2,3)16/h4-7H,1-3H3. The van der Waals surface area contributed by atoms with Crippen LogP contribution in [0.4, 0.5) is 0 Å².